The van der Waals surface area contributed by atoms with Crippen molar-refractivity contribution in [3.63, 3.8) is 0 Å². The topological polar surface area (TPSA) is 76.1 Å². The van der Waals surface area contributed by atoms with Crippen LogP contribution < -0.4 is 0 Å². The van der Waals surface area contributed by atoms with Crippen LogP contribution in [-0.4, -0.2) is 35.9 Å². The van der Waals surface area contributed by atoms with Crippen LogP contribution in [-0.2, 0) is 19.1 Å². The van der Waals surface area contributed by atoms with Crippen molar-refractivity contribution in [2.75, 3.05) is 13.2 Å². The Hall–Kier alpha value is -1.36. The molecule has 2 saturated heterocycles. The number of carbonyl (C=O) groups is 2. The van der Waals surface area contributed by atoms with E-state index < -0.39 is 17.0 Å². The third kappa shape index (κ3) is 1.18. The van der Waals surface area contributed by atoms with E-state index in [0.29, 0.717) is 12.2 Å². The number of carboxylic acids is 1. The van der Waals surface area contributed by atoms with Gasteiger partial charge >= 0.3 is 11.9 Å². The number of carbonyl (C=O) groups excluding carboxylic acids is 1. The minimum atomic E-state index is -0.893. The summed E-state index contributed by atoms with van der Waals surface area (Å²) in [6, 6.07) is 0. The molecule has 0 amide bonds. The molecule has 0 bridgehead atoms. The van der Waals surface area contributed by atoms with Gasteiger partial charge in [-0.25, -0.2) is 9.59 Å². The van der Waals surface area contributed by atoms with Crippen LogP contribution in [0.3, 0.4) is 0 Å². The van der Waals surface area contributed by atoms with E-state index in [4.69, 9.17) is 9.47 Å². The second kappa shape index (κ2) is 3.27. The third-order valence-corrected chi connectivity index (χ3v) is 5.73. The minimum Gasteiger partial charge on any atom is -0.478 e. The number of allylic oxidation sites excluding steroid dienone is 1. The summed E-state index contributed by atoms with van der Waals surface area (Å²) in [7, 11) is 0. The van der Waals surface area contributed by atoms with E-state index in [-0.39, 0.29) is 29.8 Å². The molecule has 1 saturated carbocycles. The maximum Gasteiger partial charge on any atom is 0.341 e. The van der Waals surface area contributed by atoms with Crippen molar-refractivity contribution in [2.45, 2.75) is 32.3 Å². The number of rotatable bonds is 1. The van der Waals surface area contributed by atoms with Crippen LogP contribution in [0.5, 0.6) is 0 Å². The third-order valence-electron chi connectivity index (χ3n) is 5.73. The zero-order chi connectivity index (χ0) is 14.3. The SMILES string of the molecule is CC1(C)C[C@@H]2C=C(C(=O)O)[C@@H]3COC(=O)[C@]4(CO4)[C@@]23C1. The highest BCUT2D eigenvalue weighted by Gasteiger charge is 2.79. The molecule has 0 unspecified atom stereocenters. The van der Waals surface area contributed by atoms with Crippen molar-refractivity contribution in [3.05, 3.63) is 11.6 Å². The number of cyclic esters (lactones) is 1. The predicted molar refractivity (Wildman–Crippen MR) is 67.8 cm³/mol. The largest absolute Gasteiger partial charge is 0.478 e. The molecule has 20 heavy (non-hydrogen) atoms. The summed E-state index contributed by atoms with van der Waals surface area (Å²) in [4.78, 5) is 23.7. The molecule has 5 nitrogen and oxygen atoms in total. The lowest BCUT2D eigenvalue weighted by molar-refractivity contribution is -0.174. The molecule has 2 heterocycles. The van der Waals surface area contributed by atoms with Crippen LogP contribution in [0.4, 0.5) is 0 Å². The van der Waals surface area contributed by atoms with E-state index in [9.17, 15) is 14.7 Å². The van der Waals surface area contributed by atoms with Crippen molar-refractivity contribution in [2.24, 2.45) is 22.7 Å². The van der Waals surface area contributed by atoms with Crippen molar-refractivity contribution >= 4 is 11.9 Å². The highest BCUT2D eigenvalue weighted by atomic mass is 16.6. The summed E-state index contributed by atoms with van der Waals surface area (Å²) in [6.07, 6.45) is 3.59. The van der Waals surface area contributed by atoms with E-state index in [0.717, 1.165) is 12.8 Å². The molecule has 1 N–H and O–H groups in total. The molecule has 2 aliphatic heterocycles. The fourth-order valence-electron chi connectivity index (χ4n) is 5.08. The summed E-state index contributed by atoms with van der Waals surface area (Å²) in [5.41, 5.74) is -0.783. The molecule has 0 radical (unpaired) electrons. The summed E-state index contributed by atoms with van der Waals surface area (Å²) in [5.74, 6) is -1.32. The lowest BCUT2D eigenvalue weighted by atomic mass is 9.61. The van der Waals surface area contributed by atoms with E-state index in [1.54, 1.807) is 0 Å². The van der Waals surface area contributed by atoms with Crippen LogP contribution in [0, 0.1) is 22.7 Å². The average molecular weight is 278 g/mol. The quantitative estimate of drug-likeness (QED) is 0.579. The van der Waals surface area contributed by atoms with Crippen LogP contribution in [0.1, 0.15) is 26.7 Å². The average Bonchev–Trinajstić information content (AvgIpc) is 3.01. The lowest BCUT2D eigenvalue weighted by Crippen LogP contribution is -2.56. The van der Waals surface area contributed by atoms with Crippen LogP contribution in [0.25, 0.3) is 0 Å². The first kappa shape index (κ1) is 12.4. The Morgan fingerprint density at radius 2 is 2.15 bits per heavy atom. The number of ether oxygens (including phenoxy) is 2. The van der Waals surface area contributed by atoms with Gasteiger partial charge < -0.3 is 14.6 Å². The van der Waals surface area contributed by atoms with Gasteiger partial charge in [-0.05, 0) is 24.2 Å². The van der Waals surface area contributed by atoms with Crippen molar-refractivity contribution < 1.29 is 24.2 Å². The van der Waals surface area contributed by atoms with Gasteiger partial charge in [0.05, 0.1) is 13.2 Å². The number of carboxylic acid groups (broad SMARTS) is 1. The first-order valence-electron chi connectivity index (χ1n) is 7.09. The molecular formula is C15H18O5. The molecule has 0 aromatic rings. The van der Waals surface area contributed by atoms with Gasteiger partial charge in [-0.3, -0.25) is 0 Å². The number of hydrogen-bond acceptors (Lipinski definition) is 4. The summed E-state index contributed by atoms with van der Waals surface area (Å²) < 4.78 is 10.8. The Kier molecular flexibility index (Phi) is 2.03. The first-order chi connectivity index (χ1) is 9.32. The molecule has 2 spiro atoms. The Balaban J connectivity index is 1.88. The molecule has 0 aromatic heterocycles. The van der Waals surface area contributed by atoms with Crippen molar-refractivity contribution in [1.82, 2.24) is 0 Å². The van der Waals surface area contributed by atoms with Crippen LogP contribution in [0.2, 0.25) is 0 Å². The Labute approximate surface area is 116 Å². The van der Waals surface area contributed by atoms with Crippen LogP contribution in [0.15, 0.2) is 11.6 Å². The number of hydrogen-bond donors (Lipinski definition) is 1. The summed E-state index contributed by atoms with van der Waals surface area (Å²) in [6.45, 7) is 4.91. The molecule has 4 atom stereocenters. The zero-order valence-electron chi connectivity index (χ0n) is 11.6. The maximum absolute atomic E-state index is 12.2. The zero-order valence-corrected chi connectivity index (χ0v) is 11.6. The number of esters is 1. The highest BCUT2D eigenvalue weighted by Crippen LogP contribution is 2.71. The molecule has 4 rings (SSSR count). The molecular weight excluding hydrogens is 260 g/mol. The van der Waals surface area contributed by atoms with Gasteiger partial charge in [-0.1, -0.05) is 19.9 Å². The fraction of sp³-hybridized carbons (Fsp3) is 0.733. The number of epoxide rings is 1. The van der Waals surface area contributed by atoms with E-state index in [1.807, 2.05) is 6.08 Å². The van der Waals surface area contributed by atoms with Gasteiger partial charge in [0.25, 0.3) is 0 Å². The molecule has 4 aliphatic rings. The second-order valence-electron chi connectivity index (χ2n) is 7.39. The Morgan fingerprint density at radius 3 is 2.75 bits per heavy atom. The van der Waals surface area contributed by atoms with Gasteiger partial charge in [0.15, 0.2) is 5.60 Å². The molecule has 5 heteroatoms. The van der Waals surface area contributed by atoms with Gasteiger partial charge in [-0.2, -0.15) is 0 Å². The summed E-state index contributed by atoms with van der Waals surface area (Å²) in [5, 5.41) is 9.44. The van der Waals surface area contributed by atoms with Crippen molar-refractivity contribution in [1.29, 1.82) is 0 Å². The Morgan fingerprint density at radius 1 is 1.45 bits per heavy atom. The van der Waals surface area contributed by atoms with Gasteiger partial charge in [0.1, 0.15) is 0 Å². The fourth-order valence-corrected chi connectivity index (χ4v) is 5.08. The maximum atomic E-state index is 12.2. The Bertz CT molecular complexity index is 557. The van der Waals surface area contributed by atoms with Crippen LogP contribution >= 0.6 is 0 Å². The number of aliphatic carboxylic acids is 1. The lowest BCUT2D eigenvalue weighted by Gasteiger charge is -2.44. The van der Waals surface area contributed by atoms with E-state index >= 15 is 0 Å². The van der Waals surface area contributed by atoms with E-state index in [1.165, 1.54) is 0 Å². The standard InChI is InChI=1S/C15H18O5/c1-13(2)4-8-3-9(11(16)17)10-5-19-12(18)15(7-20-15)14(8,10)6-13/h3,8,10H,4-7H2,1-2H3,(H,16,17)/t8-,10-,14-,15+/m0/s1. The highest BCUT2D eigenvalue weighted by molar-refractivity contribution is 5.92. The monoisotopic (exact) mass is 278 g/mol. The van der Waals surface area contributed by atoms with Crippen molar-refractivity contribution in [3.8, 4) is 0 Å². The normalized spacial score (nSPS) is 47.5. The van der Waals surface area contributed by atoms with Gasteiger partial charge in [-0.15, -0.1) is 0 Å². The predicted octanol–water partition coefficient (Wildman–Crippen LogP) is 1.38. The summed E-state index contributed by atoms with van der Waals surface area (Å²) >= 11 is 0. The van der Waals surface area contributed by atoms with E-state index in [2.05, 4.69) is 13.8 Å². The molecule has 0 aromatic carbocycles. The molecule has 108 valence electrons. The smallest absolute Gasteiger partial charge is 0.341 e. The van der Waals surface area contributed by atoms with Gasteiger partial charge in [0.2, 0.25) is 0 Å². The molecule has 3 fully saturated rings. The molecule has 2 aliphatic carbocycles. The minimum absolute atomic E-state index is 0.0972. The van der Waals surface area contributed by atoms with Gasteiger partial charge in [0, 0.05) is 16.9 Å². The first-order valence-corrected chi connectivity index (χ1v) is 7.09. The second-order valence-corrected chi connectivity index (χ2v) is 7.39.